The first-order valence-electron chi connectivity index (χ1n) is 5.64. The van der Waals surface area contributed by atoms with Crippen LogP contribution in [0.15, 0.2) is 34.4 Å². The summed E-state index contributed by atoms with van der Waals surface area (Å²) in [5, 5.41) is 2.01. The molecule has 0 N–H and O–H groups in total. The molecule has 0 fully saturated rings. The molecular formula is C13H15NO2S2. The first-order valence-corrected chi connectivity index (χ1v) is 7.15. The van der Waals surface area contributed by atoms with E-state index >= 15 is 0 Å². The van der Waals surface area contributed by atoms with Crippen molar-refractivity contribution in [2.24, 2.45) is 0 Å². The van der Waals surface area contributed by atoms with E-state index in [0.717, 1.165) is 16.1 Å². The summed E-state index contributed by atoms with van der Waals surface area (Å²) in [6, 6.07) is 7.84. The lowest BCUT2D eigenvalue weighted by Crippen LogP contribution is -2.26. The number of hydrogen-bond acceptors (Lipinski definition) is 4. The molecule has 0 aliphatic rings. The van der Waals surface area contributed by atoms with Crippen LogP contribution in [0.25, 0.3) is 10.6 Å². The fourth-order valence-corrected chi connectivity index (χ4v) is 2.79. The van der Waals surface area contributed by atoms with Gasteiger partial charge in [0.2, 0.25) is 0 Å². The van der Waals surface area contributed by atoms with Crippen molar-refractivity contribution in [3.8, 4) is 10.6 Å². The summed E-state index contributed by atoms with van der Waals surface area (Å²) in [6.07, 6.45) is 0. The SMILES string of the molecule is COCCn1c(-c2cccs2)ccc(CS)c1=O. The third kappa shape index (κ3) is 2.68. The number of aromatic nitrogens is 1. The number of rotatable bonds is 5. The maximum atomic E-state index is 12.3. The Morgan fingerprint density at radius 1 is 1.39 bits per heavy atom. The Morgan fingerprint density at radius 2 is 2.22 bits per heavy atom. The minimum Gasteiger partial charge on any atom is -0.383 e. The highest BCUT2D eigenvalue weighted by molar-refractivity contribution is 7.79. The van der Waals surface area contributed by atoms with Gasteiger partial charge in [0.1, 0.15) is 0 Å². The number of thiophene rings is 1. The molecule has 0 spiro atoms. The first-order chi connectivity index (χ1) is 8.77. The predicted molar refractivity (Wildman–Crippen MR) is 78.6 cm³/mol. The van der Waals surface area contributed by atoms with Crippen LogP contribution in [0.2, 0.25) is 0 Å². The number of ether oxygens (including phenoxy) is 1. The van der Waals surface area contributed by atoms with Gasteiger partial charge in [-0.3, -0.25) is 4.79 Å². The highest BCUT2D eigenvalue weighted by Crippen LogP contribution is 2.23. The highest BCUT2D eigenvalue weighted by Gasteiger charge is 2.10. The van der Waals surface area contributed by atoms with Crippen molar-refractivity contribution in [1.82, 2.24) is 4.57 Å². The second kappa shape index (κ2) is 6.22. The Hall–Kier alpha value is -1.04. The second-order valence-electron chi connectivity index (χ2n) is 3.83. The summed E-state index contributed by atoms with van der Waals surface area (Å²) in [5.41, 5.74) is 1.68. The summed E-state index contributed by atoms with van der Waals surface area (Å²) in [4.78, 5) is 13.4. The monoisotopic (exact) mass is 281 g/mol. The number of nitrogens with zero attached hydrogens (tertiary/aromatic N) is 1. The quantitative estimate of drug-likeness (QED) is 0.854. The van der Waals surface area contributed by atoms with Crippen molar-refractivity contribution < 1.29 is 4.74 Å². The van der Waals surface area contributed by atoms with E-state index in [9.17, 15) is 4.79 Å². The van der Waals surface area contributed by atoms with Crippen LogP contribution in [0.3, 0.4) is 0 Å². The van der Waals surface area contributed by atoms with Crippen LogP contribution in [0.4, 0.5) is 0 Å². The van der Waals surface area contributed by atoms with Crippen LogP contribution >= 0.6 is 24.0 Å². The maximum absolute atomic E-state index is 12.3. The lowest BCUT2D eigenvalue weighted by atomic mass is 10.2. The molecule has 2 rings (SSSR count). The summed E-state index contributed by atoms with van der Waals surface area (Å²) >= 11 is 5.81. The average molecular weight is 281 g/mol. The van der Waals surface area contributed by atoms with E-state index in [-0.39, 0.29) is 5.56 Å². The fourth-order valence-electron chi connectivity index (χ4n) is 1.79. The van der Waals surface area contributed by atoms with Crippen LogP contribution in [0, 0.1) is 0 Å². The van der Waals surface area contributed by atoms with Crippen LogP contribution in [0.5, 0.6) is 0 Å². The van der Waals surface area contributed by atoms with E-state index in [4.69, 9.17) is 4.74 Å². The van der Waals surface area contributed by atoms with Gasteiger partial charge in [0.15, 0.2) is 0 Å². The summed E-state index contributed by atoms with van der Waals surface area (Å²) < 4.78 is 6.84. The Bertz CT molecular complexity index is 561. The second-order valence-corrected chi connectivity index (χ2v) is 5.09. The number of hydrogen-bond donors (Lipinski definition) is 1. The van der Waals surface area contributed by atoms with Crippen LogP contribution in [0.1, 0.15) is 5.56 Å². The molecule has 0 unspecified atom stereocenters. The molecule has 0 aliphatic heterocycles. The van der Waals surface area contributed by atoms with Gasteiger partial charge in [0.25, 0.3) is 5.56 Å². The largest absolute Gasteiger partial charge is 0.383 e. The molecule has 96 valence electrons. The fraction of sp³-hybridized carbons (Fsp3) is 0.308. The first kappa shape index (κ1) is 13.4. The molecule has 0 aromatic carbocycles. The van der Waals surface area contributed by atoms with Crippen LogP contribution in [-0.2, 0) is 17.0 Å². The van der Waals surface area contributed by atoms with Gasteiger partial charge in [0.05, 0.1) is 17.2 Å². The summed E-state index contributed by atoms with van der Waals surface area (Å²) in [5.74, 6) is 0.455. The third-order valence-electron chi connectivity index (χ3n) is 2.72. The smallest absolute Gasteiger partial charge is 0.255 e. The lowest BCUT2D eigenvalue weighted by Gasteiger charge is -2.12. The molecule has 0 aliphatic carbocycles. The molecule has 0 radical (unpaired) electrons. The van der Waals surface area contributed by atoms with E-state index in [1.54, 1.807) is 23.0 Å². The van der Waals surface area contributed by atoms with Gasteiger partial charge in [-0.1, -0.05) is 12.1 Å². The molecule has 0 amide bonds. The van der Waals surface area contributed by atoms with E-state index in [1.165, 1.54) is 0 Å². The topological polar surface area (TPSA) is 31.2 Å². The molecule has 18 heavy (non-hydrogen) atoms. The van der Waals surface area contributed by atoms with Crippen LogP contribution in [-0.4, -0.2) is 18.3 Å². The minimum atomic E-state index is 0.0213. The van der Waals surface area contributed by atoms with E-state index < -0.39 is 0 Å². The molecule has 0 saturated carbocycles. The normalized spacial score (nSPS) is 10.8. The van der Waals surface area contributed by atoms with Gasteiger partial charge in [0, 0.05) is 25.0 Å². The Morgan fingerprint density at radius 3 is 2.83 bits per heavy atom. The van der Waals surface area contributed by atoms with Crippen molar-refractivity contribution in [2.45, 2.75) is 12.3 Å². The van der Waals surface area contributed by atoms with Crippen molar-refractivity contribution in [1.29, 1.82) is 0 Å². The van der Waals surface area contributed by atoms with Gasteiger partial charge in [-0.05, 0) is 17.5 Å². The van der Waals surface area contributed by atoms with E-state index in [2.05, 4.69) is 12.6 Å². The number of methoxy groups -OCH3 is 1. The molecular weight excluding hydrogens is 266 g/mol. The third-order valence-corrected chi connectivity index (χ3v) is 3.95. The highest BCUT2D eigenvalue weighted by atomic mass is 32.1. The van der Waals surface area contributed by atoms with Gasteiger partial charge in [-0.2, -0.15) is 12.6 Å². The zero-order valence-electron chi connectivity index (χ0n) is 10.1. The van der Waals surface area contributed by atoms with Crippen molar-refractivity contribution in [3.63, 3.8) is 0 Å². The lowest BCUT2D eigenvalue weighted by molar-refractivity contribution is 0.186. The molecule has 0 bridgehead atoms. The summed E-state index contributed by atoms with van der Waals surface area (Å²) in [7, 11) is 1.64. The van der Waals surface area contributed by atoms with E-state index in [1.807, 2.05) is 29.6 Å². The molecule has 0 saturated heterocycles. The van der Waals surface area contributed by atoms with E-state index in [0.29, 0.717) is 18.9 Å². The van der Waals surface area contributed by atoms with Crippen molar-refractivity contribution >= 4 is 24.0 Å². The van der Waals surface area contributed by atoms with Crippen molar-refractivity contribution in [3.05, 3.63) is 45.6 Å². The zero-order chi connectivity index (χ0) is 13.0. The van der Waals surface area contributed by atoms with Gasteiger partial charge in [-0.25, -0.2) is 0 Å². The Kier molecular flexibility index (Phi) is 4.63. The zero-order valence-corrected chi connectivity index (χ0v) is 11.8. The van der Waals surface area contributed by atoms with Gasteiger partial charge in [-0.15, -0.1) is 11.3 Å². The molecule has 0 atom stereocenters. The summed E-state index contributed by atoms with van der Waals surface area (Å²) in [6.45, 7) is 1.08. The molecule has 2 aromatic rings. The standard InChI is InChI=1S/C13H15NO2S2/c1-16-7-6-14-11(12-3-2-8-18-12)5-4-10(9-17)13(14)15/h2-5,8,17H,6-7,9H2,1H3. The maximum Gasteiger partial charge on any atom is 0.255 e. The number of thiol groups is 1. The van der Waals surface area contributed by atoms with Gasteiger partial charge >= 0.3 is 0 Å². The van der Waals surface area contributed by atoms with Gasteiger partial charge < -0.3 is 9.30 Å². The van der Waals surface area contributed by atoms with Crippen molar-refractivity contribution in [2.75, 3.05) is 13.7 Å². The minimum absolute atomic E-state index is 0.0213. The Labute approximate surface area is 115 Å². The number of pyridine rings is 1. The molecule has 3 nitrogen and oxygen atoms in total. The molecule has 2 heterocycles. The predicted octanol–water partition coefficient (Wildman–Crippen LogP) is 2.65. The molecule has 5 heteroatoms. The molecule has 2 aromatic heterocycles. The van der Waals surface area contributed by atoms with Crippen LogP contribution < -0.4 is 5.56 Å². The Balaban J connectivity index is 2.52. The average Bonchev–Trinajstić information content (AvgIpc) is 2.90.